The number of nitrogens with zero attached hydrogens (tertiary/aromatic N) is 1. The molecule has 0 atom stereocenters. The first-order valence-electron chi connectivity index (χ1n) is 5.31. The van der Waals surface area contributed by atoms with E-state index in [1.54, 1.807) is 6.92 Å². The maximum absolute atomic E-state index is 10.9. The third-order valence-corrected chi connectivity index (χ3v) is 3.62. The summed E-state index contributed by atoms with van der Waals surface area (Å²) in [5.74, 6) is -0.893. The van der Waals surface area contributed by atoms with Crippen LogP contribution in [-0.2, 0) is 6.42 Å². The van der Waals surface area contributed by atoms with Gasteiger partial charge in [-0.05, 0) is 19.4 Å². The number of aryl methyl sites for hydroxylation is 2. The van der Waals surface area contributed by atoms with Crippen LogP contribution in [0.4, 0.5) is 0 Å². The van der Waals surface area contributed by atoms with E-state index >= 15 is 0 Å². The lowest BCUT2D eigenvalue weighted by Crippen LogP contribution is -1.94. The summed E-state index contributed by atoms with van der Waals surface area (Å²) in [6.07, 6.45) is 0.695. The van der Waals surface area contributed by atoms with Gasteiger partial charge in [0.15, 0.2) is 0 Å². The number of aromatic nitrogens is 1. The molecule has 1 N–H and O–H groups in total. The summed E-state index contributed by atoms with van der Waals surface area (Å²) in [5, 5.41) is 9.81. The Bertz CT molecular complexity index is 560. The minimum atomic E-state index is -0.893. The fraction of sp³-hybridized carbons (Fsp3) is 0.231. The summed E-state index contributed by atoms with van der Waals surface area (Å²) in [4.78, 5) is 15.5. The predicted molar refractivity (Wildman–Crippen MR) is 67.8 cm³/mol. The first kappa shape index (κ1) is 11.8. The fourth-order valence-electron chi connectivity index (χ4n) is 1.72. The Morgan fingerprint density at radius 1 is 1.41 bits per heavy atom. The van der Waals surface area contributed by atoms with E-state index in [4.69, 9.17) is 5.11 Å². The van der Waals surface area contributed by atoms with E-state index in [0.717, 1.165) is 10.6 Å². The molecule has 2 aromatic rings. The predicted octanol–water partition coefficient (Wildman–Crippen LogP) is 3.05. The van der Waals surface area contributed by atoms with Gasteiger partial charge in [0.1, 0.15) is 4.88 Å². The Labute approximate surface area is 104 Å². The minimum Gasteiger partial charge on any atom is -0.477 e. The van der Waals surface area contributed by atoms with Crippen LogP contribution in [0.3, 0.4) is 0 Å². The molecule has 0 amide bonds. The number of thiazole rings is 1. The number of carboxylic acids is 1. The van der Waals surface area contributed by atoms with Gasteiger partial charge in [0.05, 0.1) is 10.7 Å². The molecule has 1 aromatic carbocycles. The molecule has 0 aliphatic carbocycles. The van der Waals surface area contributed by atoms with Gasteiger partial charge in [0.2, 0.25) is 0 Å². The Kier molecular flexibility index (Phi) is 3.24. The molecule has 88 valence electrons. The number of benzene rings is 1. The lowest BCUT2D eigenvalue weighted by Gasteiger charge is -1.98. The largest absolute Gasteiger partial charge is 0.477 e. The lowest BCUT2D eigenvalue weighted by atomic mass is 10.1. The van der Waals surface area contributed by atoms with Crippen LogP contribution < -0.4 is 0 Å². The summed E-state index contributed by atoms with van der Waals surface area (Å²) in [6, 6.07) is 8.17. The number of rotatable bonds is 3. The second-order valence-electron chi connectivity index (χ2n) is 3.99. The normalized spacial score (nSPS) is 10.5. The highest BCUT2D eigenvalue weighted by Gasteiger charge is 2.13. The van der Waals surface area contributed by atoms with Gasteiger partial charge < -0.3 is 5.11 Å². The van der Waals surface area contributed by atoms with E-state index in [2.05, 4.69) is 11.1 Å². The highest BCUT2D eigenvalue weighted by Crippen LogP contribution is 2.21. The highest BCUT2D eigenvalue weighted by atomic mass is 32.1. The van der Waals surface area contributed by atoms with Crippen LogP contribution in [0.15, 0.2) is 24.3 Å². The Morgan fingerprint density at radius 2 is 2.18 bits per heavy atom. The molecule has 3 nitrogen and oxygen atoms in total. The van der Waals surface area contributed by atoms with E-state index in [0.29, 0.717) is 17.0 Å². The number of carboxylic acid groups (broad SMARTS) is 1. The zero-order valence-electron chi connectivity index (χ0n) is 9.73. The third-order valence-electron chi connectivity index (χ3n) is 2.47. The van der Waals surface area contributed by atoms with Gasteiger partial charge in [0, 0.05) is 6.42 Å². The molecule has 2 rings (SSSR count). The maximum atomic E-state index is 10.9. The van der Waals surface area contributed by atoms with Crippen molar-refractivity contribution in [2.24, 2.45) is 0 Å². The monoisotopic (exact) mass is 247 g/mol. The van der Waals surface area contributed by atoms with E-state index in [1.165, 1.54) is 16.9 Å². The molecule has 17 heavy (non-hydrogen) atoms. The van der Waals surface area contributed by atoms with Gasteiger partial charge in [-0.15, -0.1) is 11.3 Å². The Balaban J connectivity index is 2.25. The molecular formula is C13H13NO2S. The highest BCUT2D eigenvalue weighted by molar-refractivity contribution is 7.13. The van der Waals surface area contributed by atoms with Crippen molar-refractivity contribution in [1.29, 1.82) is 0 Å². The topological polar surface area (TPSA) is 50.2 Å². The molecule has 0 bridgehead atoms. The van der Waals surface area contributed by atoms with Crippen LogP contribution in [0.2, 0.25) is 0 Å². The average Bonchev–Trinajstić information content (AvgIpc) is 2.59. The van der Waals surface area contributed by atoms with Gasteiger partial charge in [-0.3, -0.25) is 0 Å². The van der Waals surface area contributed by atoms with E-state index in [9.17, 15) is 4.79 Å². The van der Waals surface area contributed by atoms with Gasteiger partial charge in [-0.25, -0.2) is 9.78 Å². The molecule has 0 unspecified atom stereocenters. The molecule has 4 heteroatoms. The van der Waals surface area contributed by atoms with Gasteiger partial charge in [-0.2, -0.15) is 0 Å². The van der Waals surface area contributed by atoms with Crippen LogP contribution in [0.1, 0.15) is 31.5 Å². The molecule has 0 fully saturated rings. The summed E-state index contributed by atoms with van der Waals surface area (Å²) < 4.78 is 0. The van der Waals surface area contributed by atoms with Crippen LogP contribution in [0.5, 0.6) is 0 Å². The quantitative estimate of drug-likeness (QED) is 0.906. The molecule has 1 aromatic heterocycles. The molecule has 0 spiro atoms. The van der Waals surface area contributed by atoms with E-state index in [-0.39, 0.29) is 0 Å². The number of aromatic carboxylic acids is 1. The van der Waals surface area contributed by atoms with Crippen LogP contribution in [0.25, 0.3) is 0 Å². The van der Waals surface area contributed by atoms with Crippen LogP contribution in [-0.4, -0.2) is 16.1 Å². The lowest BCUT2D eigenvalue weighted by molar-refractivity contribution is 0.0701. The molecule has 0 aliphatic rings. The van der Waals surface area contributed by atoms with Crippen molar-refractivity contribution in [1.82, 2.24) is 4.98 Å². The second-order valence-corrected chi connectivity index (χ2v) is 5.08. The standard InChI is InChI=1S/C13H13NO2S/c1-8-4-3-5-10(6-8)7-11-14-9(2)12(17-11)13(15)16/h3-6H,7H2,1-2H3,(H,15,16). The number of hydrogen-bond donors (Lipinski definition) is 1. The number of hydrogen-bond acceptors (Lipinski definition) is 3. The van der Waals surface area contributed by atoms with Crippen molar-refractivity contribution in [3.05, 3.63) is 51.0 Å². The van der Waals surface area contributed by atoms with Crippen molar-refractivity contribution < 1.29 is 9.90 Å². The molecule has 1 heterocycles. The Hall–Kier alpha value is -1.68. The molecule has 0 saturated carbocycles. The zero-order chi connectivity index (χ0) is 12.4. The van der Waals surface area contributed by atoms with Gasteiger partial charge in [-0.1, -0.05) is 29.8 Å². The van der Waals surface area contributed by atoms with Crippen LogP contribution in [0, 0.1) is 13.8 Å². The van der Waals surface area contributed by atoms with E-state index in [1.807, 2.05) is 25.1 Å². The molecule has 0 saturated heterocycles. The smallest absolute Gasteiger partial charge is 0.347 e. The van der Waals surface area contributed by atoms with Gasteiger partial charge in [0.25, 0.3) is 0 Å². The van der Waals surface area contributed by atoms with Crippen molar-refractivity contribution in [2.75, 3.05) is 0 Å². The molecular weight excluding hydrogens is 234 g/mol. The summed E-state index contributed by atoms with van der Waals surface area (Å²) >= 11 is 1.26. The second kappa shape index (κ2) is 4.67. The minimum absolute atomic E-state index is 0.340. The summed E-state index contributed by atoms with van der Waals surface area (Å²) in [7, 11) is 0. The third kappa shape index (κ3) is 2.71. The van der Waals surface area contributed by atoms with Crippen molar-refractivity contribution in [2.45, 2.75) is 20.3 Å². The first-order valence-corrected chi connectivity index (χ1v) is 6.13. The number of carbonyl (C=O) groups is 1. The molecule has 0 aliphatic heterocycles. The summed E-state index contributed by atoms with van der Waals surface area (Å²) in [5.41, 5.74) is 2.97. The zero-order valence-corrected chi connectivity index (χ0v) is 10.5. The van der Waals surface area contributed by atoms with Crippen molar-refractivity contribution >= 4 is 17.3 Å². The molecule has 0 radical (unpaired) electrons. The van der Waals surface area contributed by atoms with Crippen molar-refractivity contribution in [3.63, 3.8) is 0 Å². The SMILES string of the molecule is Cc1cccc(Cc2nc(C)c(C(=O)O)s2)c1. The first-order chi connectivity index (χ1) is 8.06. The van der Waals surface area contributed by atoms with Crippen molar-refractivity contribution in [3.8, 4) is 0 Å². The average molecular weight is 247 g/mol. The maximum Gasteiger partial charge on any atom is 0.347 e. The summed E-state index contributed by atoms with van der Waals surface area (Å²) in [6.45, 7) is 3.78. The van der Waals surface area contributed by atoms with Crippen LogP contribution >= 0.6 is 11.3 Å². The van der Waals surface area contributed by atoms with E-state index < -0.39 is 5.97 Å². The van der Waals surface area contributed by atoms with Gasteiger partial charge >= 0.3 is 5.97 Å². The Morgan fingerprint density at radius 3 is 2.76 bits per heavy atom. The fourth-order valence-corrected chi connectivity index (χ4v) is 2.66.